The van der Waals surface area contributed by atoms with Crippen LogP contribution < -0.4 is 4.90 Å². The maximum absolute atomic E-state index is 5.60. The first-order valence-corrected chi connectivity index (χ1v) is 29.7. The molecule has 0 spiro atoms. The van der Waals surface area contributed by atoms with Crippen LogP contribution in [0.5, 0.6) is 0 Å². The van der Waals surface area contributed by atoms with Crippen molar-refractivity contribution in [2.45, 2.75) is 91.5 Å². The number of aromatic nitrogens is 3. The second-order valence-corrected chi connectivity index (χ2v) is 27.6. The Bertz CT molecular complexity index is 3290. The lowest BCUT2D eigenvalue weighted by Gasteiger charge is -2.42. The van der Waals surface area contributed by atoms with Crippen molar-refractivity contribution in [3.05, 3.63) is 290 Å². The summed E-state index contributed by atoms with van der Waals surface area (Å²) in [5.74, 6) is 1.68. The highest BCUT2D eigenvalue weighted by atomic mass is 32.3. The molecule has 6 heteroatoms. The van der Waals surface area contributed by atoms with Gasteiger partial charge >= 0.3 is 0 Å². The van der Waals surface area contributed by atoms with Gasteiger partial charge in [0, 0.05) is 61.7 Å². The summed E-state index contributed by atoms with van der Waals surface area (Å²) in [7, 11) is -4.06. The zero-order valence-corrected chi connectivity index (χ0v) is 46.3. The van der Waals surface area contributed by atoms with Gasteiger partial charge in [-0.25, -0.2) is 4.98 Å². The fraction of sp³-hybridized carbons (Fsp3) is 0.113. The third kappa shape index (κ3) is 9.92. The predicted octanol–water partition coefficient (Wildman–Crippen LogP) is 20.0. The molecule has 0 radical (unpaired) electrons. The highest BCUT2D eigenvalue weighted by Crippen LogP contribution is 2.75. The van der Waals surface area contributed by atoms with Crippen molar-refractivity contribution in [3.63, 3.8) is 0 Å². The molecule has 0 amide bonds. The minimum absolute atomic E-state index is 0.0336. The molecular weight excluding hydrogens is 973 g/mol. The van der Waals surface area contributed by atoms with E-state index in [-0.39, 0.29) is 10.8 Å². The number of benzene rings is 10. The van der Waals surface area contributed by atoms with E-state index in [0.29, 0.717) is 17.6 Å². The zero-order valence-electron chi connectivity index (χ0n) is 44.7. The van der Waals surface area contributed by atoms with Crippen molar-refractivity contribution in [2.75, 3.05) is 4.90 Å². The average molecular weight is 1040 g/mol. The van der Waals surface area contributed by atoms with E-state index < -0.39 is 20.1 Å². The minimum atomic E-state index is -2.03. The highest BCUT2D eigenvalue weighted by Gasteiger charge is 2.36. The Morgan fingerprint density at radius 3 is 0.792 bits per heavy atom. The summed E-state index contributed by atoms with van der Waals surface area (Å²) in [4.78, 5) is 28.8. The molecule has 77 heavy (non-hydrogen) atoms. The monoisotopic (exact) mass is 1040 g/mol. The summed E-state index contributed by atoms with van der Waals surface area (Å²) >= 11 is 0. The van der Waals surface area contributed by atoms with Crippen LogP contribution >= 0.6 is 20.1 Å². The van der Waals surface area contributed by atoms with Crippen LogP contribution in [0.3, 0.4) is 0 Å². The predicted molar refractivity (Wildman–Crippen MR) is 323 cm³/mol. The lowest BCUT2D eigenvalue weighted by molar-refractivity contribution is 0.590. The molecule has 0 fully saturated rings. The highest BCUT2D eigenvalue weighted by molar-refractivity contribution is 8.34. The van der Waals surface area contributed by atoms with Crippen LogP contribution in [0.4, 0.5) is 17.3 Å². The quantitative estimate of drug-likeness (QED) is 0.115. The Kier molecular flexibility index (Phi) is 14.1. The lowest BCUT2D eigenvalue weighted by Crippen LogP contribution is -2.17. The molecule has 11 rings (SSSR count). The molecule has 380 valence electrons. The Labute approximate surface area is 458 Å². The summed E-state index contributed by atoms with van der Waals surface area (Å²) < 4.78 is 0. The molecule has 1 aromatic heterocycles. The molecule has 1 heterocycles. The van der Waals surface area contributed by atoms with E-state index in [9.17, 15) is 0 Å². The van der Waals surface area contributed by atoms with Gasteiger partial charge in [0.05, 0.1) is 0 Å². The zero-order chi connectivity index (χ0) is 53.0. The second kappa shape index (κ2) is 21.4. The Hall–Kier alpha value is -8.29. The molecule has 11 aromatic rings. The number of hydrogen-bond donors (Lipinski definition) is 0. The van der Waals surface area contributed by atoms with E-state index in [1.807, 2.05) is 0 Å². The van der Waals surface area contributed by atoms with Gasteiger partial charge in [0.1, 0.15) is 0 Å². The Morgan fingerprint density at radius 1 is 0.273 bits per heavy atom. The fourth-order valence-electron chi connectivity index (χ4n) is 10.4. The van der Waals surface area contributed by atoms with Gasteiger partial charge in [-0.15, -0.1) is 20.1 Å². The molecule has 10 aromatic carbocycles. The summed E-state index contributed by atoms with van der Waals surface area (Å²) in [5, 5.41) is 0. The van der Waals surface area contributed by atoms with Gasteiger partial charge in [0.15, 0.2) is 11.6 Å². The van der Waals surface area contributed by atoms with Crippen molar-refractivity contribution < 1.29 is 0 Å². The number of anilines is 3. The van der Waals surface area contributed by atoms with Crippen molar-refractivity contribution in [3.8, 4) is 22.8 Å². The van der Waals surface area contributed by atoms with Gasteiger partial charge in [-0.3, -0.25) is 4.90 Å². The molecule has 0 unspecified atom stereocenters. The second-order valence-electron chi connectivity index (χ2n) is 21.4. The van der Waals surface area contributed by atoms with Gasteiger partial charge in [-0.1, -0.05) is 199 Å². The summed E-state index contributed by atoms with van der Waals surface area (Å²) in [5.41, 5.74) is 6.12. The van der Waals surface area contributed by atoms with Gasteiger partial charge in [-0.2, -0.15) is 9.97 Å². The molecule has 0 N–H and O–H groups in total. The SMILES string of the molecule is CC(C)(C)c1ccc(N(c2ccc(C(C)(C)C)cc2)c2nc(-c3cccc(S(c4ccccc4)(c4ccccc4)c4ccccc4)c3)nc(-c3cccc(S(c4ccccc4)(c4ccccc4)c4ccccc4)c3)n2)cc1. The first kappa shape index (κ1) is 50.8. The van der Waals surface area contributed by atoms with Crippen LogP contribution in [0.25, 0.3) is 22.8 Å². The largest absolute Gasteiger partial charge is 0.279 e. The number of hydrogen-bond acceptors (Lipinski definition) is 4. The van der Waals surface area contributed by atoms with E-state index in [1.165, 1.54) is 50.3 Å². The van der Waals surface area contributed by atoms with E-state index >= 15 is 0 Å². The Morgan fingerprint density at radius 2 is 0.532 bits per heavy atom. The first-order valence-electron chi connectivity index (χ1n) is 26.4. The molecule has 0 aliphatic heterocycles. The van der Waals surface area contributed by atoms with E-state index in [4.69, 9.17) is 15.0 Å². The fourth-order valence-corrected chi connectivity index (χ4v) is 18.2. The number of nitrogens with zero attached hydrogens (tertiary/aromatic N) is 4. The summed E-state index contributed by atoms with van der Waals surface area (Å²) in [6.07, 6.45) is 0. The van der Waals surface area contributed by atoms with Crippen LogP contribution in [-0.4, -0.2) is 15.0 Å². The van der Waals surface area contributed by atoms with Crippen LogP contribution in [0.15, 0.2) is 318 Å². The molecule has 0 aliphatic carbocycles. The van der Waals surface area contributed by atoms with E-state index in [0.717, 1.165) is 22.5 Å². The van der Waals surface area contributed by atoms with E-state index in [1.54, 1.807) is 0 Å². The molecular formula is C71H64N4S2. The standard InChI is InChI=1S/C71H64N4S2/c1-70(2,3)55-43-47-57(48-44-55)75(58-49-45-56(46-50-58)71(4,5)6)69-73-67(53-27-25-41-65(51-53)76(59-29-13-7-14-30-59,60-31-15-8-16-32-60)61-33-17-9-18-34-61)72-68(74-69)54-28-26-42-66(52-54)77(62-35-19-10-20-36-62,63-37-21-11-22-38-63)64-39-23-12-24-40-64/h7-52H,1-6H3. The van der Waals surface area contributed by atoms with Gasteiger partial charge in [-0.05, 0) is 143 Å². The Balaban J connectivity index is 1.19. The third-order valence-corrected chi connectivity index (χ3v) is 22.1. The van der Waals surface area contributed by atoms with Gasteiger partial charge < -0.3 is 0 Å². The molecule has 0 saturated heterocycles. The molecule has 0 aliphatic rings. The van der Waals surface area contributed by atoms with Crippen LogP contribution in [0.2, 0.25) is 0 Å². The summed E-state index contributed by atoms with van der Waals surface area (Å²) in [6.45, 7) is 13.5. The minimum Gasteiger partial charge on any atom is -0.279 e. The first-order chi connectivity index (χ1) is 37.4. The molecule has 0 atom stereocenters. The molecule has 4 nitrogen and oxygen atoms in total. The van der Waals surface area contributed by atoms with Crippen molar-refractivity contribution in [2.24, 2.45) is 0 Å². The van der Waals surface area contributed by atoms with Crippen molar-refractivity contribution in [1.29, 1.82) is 0 Å². The van der Waals surface area contributed by atoms with Crippen molar-refractivity contribution in [1.82, 2.24) is 15.0 Å². The van der Waals surface area contributed by atoms with E-state index in [2.05, 4.69) is 325 Å². The summed E-state index contributed by atoms with van der Waals surface area (Å²) in [6, 6.07) is 102. The molecule has 0 bridgehead atoms. The normalized spacial score (nSPS) is 12.4. The topological polar surface area (TPSA) is 41.9 Å². The maximum atomic E-state index is 5.60. The van der Waals surface area contributed by atoms with Crippen LogP contribution in [0, 0.1) is 0 Å². The van der Waals surface area contributed by atoms with Gasteiger partial charge in [0.25, 0.3) is 0 Å². The van der Waals surface area contributed by atoms with Gasteiger partial charge in [0.2, 0.25) is 5.95 Å². The number of rotatable bonds is 13. The smallest absolute Gasteiger partial charge is 0.238 e. The van der Waals surface area contributed by atoms with Crippen molar-refractivity contribution >= 4 is 37.4 Å². The molecule has 0 saturated carbocycles. The average Bonchev–Trinajstić information content (AvgIpc) is 3.61. The lowest BCUT2D eigenvalue weighted by atomic mass is 9.87. The maximum Gasteiger partial charge on any atom is 0.238 e. The van der Waals surface area contributed by atoms with Crippen LogP contribution in [-0.2, 0) is 10.8 Å². The van der Waals surface area contributed by atoms with Crippen LogP contribution in [0.1, 0.15) is 52.7 Å². The third-order valence-electron chi connectivity index (χ3n) is 14.3.